The van der Waals surface area contributed by atoms with Gasteiger partial charge >= 0.3 is 0 Å². The predicted octanol–water partition coefficient (Wildman–Crippen LogP) is 1.79. The second kappa shape index (κ2) is 4.40. The van der Waals surface area contributed by atoms with Crippen molar-refractivity contribution in [2.75, 3.05) is 0 Å². The van der Waals surface area contributed by atoms with Crippen molar-refractivity contribution >= 4 is 0 Å². The summed E-state index contributed by atoms with van der Waals surface area (Å²) in [5.74, 6) is 1.19. The molecule has 2 aromatic rings. The Morgan fingerprint density at radius 2 is 2.12 bits per heavy atom. The smallest absolute Gasteiger partial charge is 0.249 e. The van der Waals surface area contributed by atoms with Gasteiger partial charge in [-0.25, -0.2) is 0 Å². The SMILES string of the molecule is CC(C)C(N)c1nnc(-c2cccnc2)o1. The molecule has 84 valence electrons. The van der Waals surface area contributed by atoms with Crippen molar-refractivity contribution in [2.24, 2.45) is 11.7 Å². The van der Waals surface area contributed by atoms with Gasteiger partial charge < -0.3 is 10.2 Å². The van der Waals surface area contributed by atoms with Gasteiger partial charge in [0.1, 0.15) is 0 Å². The Morgan fingerprint density at radius 1 is 1.31 bits per heavy atom. The summed E-state index contributed by atoms with van der Waals surface area (Å²) in [6.07, 6.45) is 3.37. The first-order chi connectivity index (χ1) is 7.68. The standard InChI is InChI=1S/C11H14N4O/c1-7(2)9(12)11-15-14-10(16-11)8-4-3-5-13-6-8/h3-7,9H,12H2,1-2H3. The Balaban J connectivity index is 2.27. The van der Waals surface area contributed by atoms with Crippen molar-refractivity contribution in [3.8, 4) is 11.5 Å². The summed E-state index contributed by atoms with van der Waals surface area (Å²) in [6, 6.07) is 3.46. The largest absolute Gasteiger partial charge is 0.419 e. The lowest BCUT2D eigenvalue weighted by atomic mass is 10.1. The highest BCUT2D eigenvalue weighted by Gasteiger charge is 2.18. The molecule has 2 aromatic heterocycles. The molecule has 0 saturated heterocycles. The number of aromatic nitrogens is 3. The molecule has 2 N–H and O–H groups in total. The molecule has 0 aliphatic heterocycles. The summed E-state index contributed by atoms with van der Waals surface area (Å²) >= 11 is 0. The van der Waals surface area contributed by atoms with E-state index < -0.39 is 0 Å². The Morgan fingerprint density at radius 3 is 2.75 bits per heavy atom. The van der Waals surface area contributed by atoms with Crippen LogP contribution in [0.15, 0.2) is 28.9 Å². The van der Waals surface area contributed by atoms with Gasteiger partial charge in [-0.1, -0.05) is 13.8 Å². The molecule has 2 heterocycles. The minimum atomic E-state index is -0.224. The first-order valence-electron chi connectivity index (χ1n) is 5.18. The zero-order valence-corrected chi connectivity index (χ0v) is 9.29. The van der Waals surface area contributed by atoms with Crippen molar-refractivity contribution in [1.29, 1.82) is 0 Å². The van der Waals surface area contributed by atoms with E-state index in [1.165, 1.54) is 0 Å². The number of nitrogens with zero attached hydrogens (tertiary/aromatic N) is 3. The molecule has 0 aromatic carbocycles. The lowest BCUT2D eigenvalue weighted by Crippen LogP contribution is -2.16. The number of rotatable bonds is 3. The molecule has 0 radical (unpaired) electrons. The fraction of sp³-hybridized carbons (Fsp3) is 0.364. The van der Waals surface area contributed by atoms with Crippen molar-refractivity contribution in [1.82, 2.24) is 15.2 Å². The maximum Gasteiger partial charge on any atom is 0.249 e. The van der Waals surface area contributed by atoms with Crippen molar-refractivity contribution < 1.29 is 4.42 Å². The van der Waals surface area contributed by atoms with Crippen molar-refractivity contribution in [3.05, 3.63) is 30.4 Å². The Hall–Kier alpha value is -1.75. The summed E-state index contributed by atoms with van der Waals surface area (Å²) in [5, 5.41) is 7.90. The summed E-state index contributed by atoms with van der Waals surface area (Å²) in [7, 11) is 0. The van der Waals surface area contributed by atoms with Crippen LogP contribution in [0.25, 0.3) is 11.5 Å². The molecular formula is C11H14N4O. The number of nitrogens with two attached hydrogens (primary N) is 1. The normalized spacial score (nSPS) is 13.0. The monoisotopic (exact) mass is 218 g/mol. The fourth-order valence-electron chi connectivity index (χ4n) is 1.26. The minimum Gasteiger partial charge on any atom is -0.419 e. The molecule has 1 atom stereocenters. The van der Waals surface area contributed by atoms with E-state index in [1.54, 1.807) is 12.4 Å². The van der Waals surface area contributed by atoms with E-state index in [9.17, 15) is 0 Å². The Bertz CT molecular complexity index is 452. The molecule has 0 spiro atoms. The Labute approximate surface area is 93.7 Å². The van der Waals surface area contributed by atoms with Gasteiger partial charge in [0.15, 0.2) is 0 Å². The molecular weight excluding hydrogens is 204 g/mol. The molecule has 0 fully saturated rings. The zero-order valence-electron chi connectivity index (χ0n) is 9.29. The zero-order chi connectivity index (χ0) is 11.5. The van der Waals surface area contributed by atoms with E-state index in [0.29, 0.717) is 11.8 Å². The average molecular weight is 218 g/mol. The molecule has 0 aliphatic carbocycles. The number of pyridine rings is 1. The van der Waals surface area contributed by atoms with Crippen LogP contribution in [-0.2, 0) is 0 Å². The molecule has 5 nitrogen and oxygen atoms in total. The molecule has 0 amide bonds. The second-order valence-electron chi connectivity index (χ2n) is 3.96. The lowest BCUT2D eigenvalue weighted by molar-refractivity contribution is 0.394. The molecule has 16 heavy (non-hydrogen) atoms. The molecule has 1 unspecified atom stereocenters. The van der Waals surface area contributed by atoms with Crippen LogP contribution in [0.1, 0.15) is 25.8 Å². The van der Waals surface area contributed by atoms with Crippen LogP contribution in [0.2, 0.25) is 0 Å². The summed E-state index contributed by atoms with van der Waals surface area (Å²) in [6.45, 7) is 4.03. The van der Waals surface area contributed by atoms with E-state index in [1.807, 2.05) is 26.0 Å². The summed E-state index contributed by atoms with van der Waals surface area (Å²) in [4.78, 5) is 3.99. The van der Waals surface area contributed by atoms with Crippen LogP contribution in [-0.4, -0.2) is 15.2 Å². The highest BCUT2D eigenvalue weighted by Crippen LogP contribution is 2.22. The van der Waals surface area contributed by atoms with Crippen LogP contribution in [0.3, 0.4) is 0 Å². The Kier molecular flexibility index (Phi) is 2.96. The molecule has 2 rings (SSSR count). The van der Waals surface area contributed by atoms with Crippen molar-refractivity contribution in [3.63, 3.8) is 0 Å². The van der Waals surface area contributed by atoms with Crippen LogP contribution in [0.5, 0.6) is 0 Å². The van der Waals surface area contributed by atoms with Crippen LogP contribution in [0.4, 0.5) is 0 Å². The van der Waals surface area contributed by atoms with Gasteiger partial charge in [0.05, 0.1) is 11.6 Å². The fourth-order valence-corrected chi connectivity index (χ4v) is 1.26. The first kappa shape index (κ1) is 10.8. The predicted molar refractivity (Wildman–Crippen MR) is 59.3 cm³/mol. The maximum absolute atomic E-state index is 5.92. The highest BCUT2D eigenvalue weighted by molar-refractivity contribution is 5.49. The van der Waals surface area contributed by atoms with E-state index in [4.69, 9.17) is 10.2 Å². The number of hydrogen-bond donors (Lipinski definition) is 1. The summed E-state index contributed by atoms with van der Waals surface area (Å²) in [5.41, 5.74) is 6.72. The van der Waals surface area contributed by atoms with Gasteiger partial charge in [0.25, 0.3) is 0 Å². The van der Waals surface area contributed by atoms with Gasteiger partial charge in [-0.2, -0.15) is 0 Å². The topological polar surface area (TPSA) is 77.8 Å². The molecule has 0 bridgehead atoms. The number of hydrogen-bond acceptors (Lipinski definition) is 5. The van der Waals surface area contributed by atoms with Gasteiger partial charge in [0.2, 0.25) is 11.8 Å². The van der Waals surface area contributed by atoms with E-state index in [2.05, 4.69) is 15.2 Å². The lowest BCUT2D eigenvalue weighted by Gasteiger charge is -2.09. The van der Waals surface area contributed by atoms with Crippen LogP contribution >= 0.6 is 0 Å². The van der Waals surface area contributed by atoms with Gasteiger partial charge in [-0.3, -0.25) is 4.98 Å². The first-order valence-corrected chi connectivity index (χ1v) is 5.18. The maximum atomic E-state index is 5.92. The van der Waals surface area contributed by atoms with Gasteiger partial charge in [0, 0.05) is 12.4 Å². The van der Waals surface area contributed by atoms with Gasteiger partial charge in [-0.15, -0.1) is 10.2 Å². The van der Waals surface area contributed by atoms with Crippen LogP contribution in [0, 0.1) is 5.92 Å². The summed E-state index contributed by atoms with van der Waals surface area (Å²) < 4.78 is 5.51. The minimum absolute atomic E-state index is 0.224. The van der Waals surface area contributed by atoms with Gasteiger partial charge in [-0.05, 0) is 18.1 Å². The van der Waals surface area contributed by atoms with Crippen LogP contribution < -0.4 is 5.73 Å². The molecule has 0 saturated carbocycles. The molecule has 5 heteroatoms. The molecule has 0 aliphatic rings. The third kappa shape index (κ3) is 2.09. The quantitative estimate of drug-likeness (QED) is 0.849. The second-order valence-corrected chi connectivity index (χ2v) is 3.96. The average Bonchev–Trinajstić information content (AvgIpc) is 2.78. The highest BCUT2D eigenvalue weighted by atomic mass is 16.4. The van der Waals surface area contributed by atoms with Crippen molar-refractivity contribution in [2.45, 2.75) is 19.9 Å². The van der Waals surface area contributed by atoms with E-state index >= 15 is 0 Å². The third-order valence-electron chi connectivity index (χ3n) is 2.35. The third-order valence-corrected chi connectivity index (χ3v) is 2.35. The van der Waals surface area contributed by atoms with E-state index in [-0.39, 0.29) is 12.0 Å². The van der Waals surface area contributed by atoms with E-state index in [0.717, 1.165) is 5.56 Å².